The average Bonchev–Trinajstić information content (AvgIpc) is 3.76. The number of benzene rings is 2. The first-order chi connectivity index (χ1) is 20.8. The summed E-state index contributed by atoms with van der Waals surface area (Å²) in [6, 6.07) is 19.0. The van der Waals surface area contributed by atoms with Crippen LogP contribution in [0.15, 0.2) is 79.4 Å². The molecule has 0 spiro atoms. The Morgan fingerprint density at radius 2 is 1.67 bits per heavy atom. The highest BCUT2D eigenvalue weighted by molar-refractivity contribution is 5.94. The molecule has 0 fully saturated rings. The molecule has 216 valence electrons. The summed E-state index contributed by atoms with van der Waals surface area (Å²) < 4.78 is 7.85. The fourth-order valence-electron chi connectivity index (χ4n) is 6.06. The Kier molecular flexibility index (Phi) is 6.65. The van der Waals surface area contributed by atoms with Gasteiger partial charge >= 0.3 is 0 Å². The fourth-order valence-corrected chi connectivity index (χ4v) is 6.06. The van der Waals surface area contributed by atoms with Gasteiger partial charge in [0.05, 0.1) is 35.3 Å². The van der Waals surface area contributed by atoms with Crippen LogP contribution in [0.3, 0.4) is 0 Å². The lowest BCUT2D eigenvalue weighted by Crippen LogP contribution is -2.04. The lowest BCUT2D eigenvalue weighted by atomic mass is 9.95. The number of aromatic nitrogens is 9. The molecule has 0 bridgehead atoms. The van der Waals surface area contributed by atoms with E-state index in [9.17, 15) is 0 Å². The van der Waals surface area contributed by atoms with Crippen LogP contribution in [0.2, 0.25) is 0 Å². The minimum atomic E-state index is 0.284. The SMILES string of the molecule is Cc1nc2nn(Cc3cnn(C)c3)cc2cc1-n1nc(-c2cccc3nn(CCc4ccccc4)cc23)c(C(C)C)c1C. The first kappa shape index (κ1) is 26.8. The number of hydrogen-bond acceptors (Lipinski definition) is 5. The summed E-state index contributed by atoms with van der Waals surface area (Å²) >= 11 is 0. The number of pyridine rings is 1. The molecule has 7 rings (SSSR count). The summed E-state index contributed by atoms with van der Waals surface area (Å²) in [6.07, 6.45) is 9.02. The van der Waals surface area contributed by atoms with E-state index in [0.717, 1.165) is 68.8 Å². The topological polar surface area (TPSA) is 84.2 Å². The van der Waals surface area contributed by atoms with Crippen molar-refractivity contribution < 1.29 is 0 Å². The van der Waals surface area contributed by atoms with Gasteiger partial charge < -0.3 is 0 Å². The molecule has 5 aromatic heterocycles. The number of aryl methyl sites for hydroxylation is 4. The second-order valence-electron chi connectivity index (χ2n) is 11.6. The third-order valence-corrected chi connectivity index (χ3v) is 8.10. The van der Waals surface area contributed by atoms with Crippen molar-refractivity contribution in [2.45, 2.75) is 53.1 Å². The Morgan fingerprint density at radius 3 is 2.44 bits per heavy atom. The van der Waals surface area contributed by atoms with Crippen molar-refractivity contribution in [2.24, 2.45) is 7.05 Å². The molecule has 0 radical (unpaired) electrons. The highest BCUT2D eigenvalue weighted by atomic mass is 15.3. The molecule has 0 unspecified atom stereocenters. The first-order valence-electron chi connectivity index (χ1n) is 14.8. The Hall–Kier alpha value is -5.05. The van der Waals surface area contributed by atoms with Gasteiger partial charge in [-0.2, -0.15) is 20.4 Å². The highest BCUT2D eigenvalue weighted by Gasteiger charge is 2.23. The predicted molar refractivity (Wildman–Crippen MR) is 169 cm³/mol. The Morgan fingerprint density at radius 1 is 0.837 bits per heavy atom. The maximum atomic E-state index is 5.27. The molecule has 43 heavy (non-hydrogen) atoms. The zero-order valence-electron chi connectivity index (χ0n) is 25.2. The fraction of sp³-hybridized carbons (Fsp3) is 0.265. The number of rotatable bonds is 8. The number of fused-ring (bicyclic) bond motifs is 2. The summed E-state index contributed by atoms with van der Waals surface area (Å²) in [7, 11) is 1.92. The van der Waals surface area contributed by atoms with Gasteiger partial charge in [-0.15, -0.1) is 0 Å². The van der Waals surface area contributed by atoms with E-state index in [4.69, 9.17) is 20.3 Å². The van der Waals surface area contributed by atoms with Gasteiger partial charge in [0.25, 0.3) is 0 Å². The number of hydrogen-bond donors (Lipinski definition) is 0. The molecule has 0 atom stereocenters. The Balaban J connectivity index is 1.27. The van der Waals surface area contributed by atoms with Crippen LogP contribution in [0.5, 0.6) is 0 Å². The molecule has 0 aliphatic carbocycles. The molecule has 2 aromatic carbocycles. The monoisotopic (exact) mass is 569 g/mol. The van der Waals surface area contributed by atoms with E-state index in [2.05, 4.69) is 96.0 Å². The molecular formula is C34H35N9. The van der Waals surface area contributed by atoms with Gasteiger partial charge in [-0.05, 0) is 43.9 Å². The molecule has 0 saturated carbocycles. The van der Waals surface area contributed by atoms with Crippen LogP contribution in [-0.2, 0) is 26.6 Å². The molecule has 5 heterocycles. The molecule has 9 nitrogen and oxygen atoms in total. The molecule has 7 aromatic rings. The average molecular weight is 570 g/mol. The van der Waals surface area contributed by atoms with Crippen LogP contribution in [0.4, 0.5) is 0 Å². The first-order valence-corrected chi connectivity index (χ1v) is 14.8. The maximum Gasteiger partial charge on any atom is 0.181 e. The van der Waals surface area contributed by atoms with Gasteiger partial charge in [0.2, 0.25) is 0 Å². The standard InChI is InChI=1S/C34H35N9/c1-22(2)32-24(4)43(31-16-27-20-42(39-34(27)36-23(31)3)19-26-17-35-40(5)18-26)38-33(32)28-12-9-13-30-29(28)21-41(37-30)15-14-25-10-7-6-8-11-25/h6-13,16-18,20-22H,14-15,19H2,1-5H3. The van der Waals surface area contributed by atoms with Crippen LogP contribution in [0.25, 0.3) is 38.9 Å². The van der Waals surface area contributed by atoms with Crippen molar-refractivity contribution in [2.75, 3.05) is 0 Å². The van der Waals surface area contributed by atoms with E-state index >= 15 is 0 Å². The predicted octanol–water partition coefficient (Wildman–Crippen LogP) is 6.40. The van der Waals surface area contributed by atoms with Crippen molar-refractivity contribution in [1.82, 2.24) is 44.1 Å². The van der Waals surface area contributed by atoms with Gasteiger partial charge in [0, 0.05) is 65.3 Å². The third-order valence-electron chi connectivity index (χ3n) is 8.10. The Labute approximate surface area is 250 Å². The summed E-state index contributed by atoms with van der Waals surface area (Å²) in [5, 5.41) is 21.3. The number of nitrogens with zero attached hydrogens (tertiary/aromatic N) is 9. The van der Waals surface area contributed by atoms with Gasteiger partial charge in [-0.1, -0.05) is 56.3 Å². The smallest absolute Gasteiger partial charge is 0.181 e. The van der Waals surface area contributed by atoms with E-state index in [1.165, 1.54) is 11.1 Å². The van der Waals surface area contributed by atoms with Crippen LogP contribution < -0.4 is 0 Å². The van der Waals surface area contributed by atoms with Gasteiger partial charge in [-0.3, -0.25) is 14.0 Å². The van der Waals surface area contributed by atoms with Crippen molar-refractivity contribution in [3.63, 3.8) is 0 Å². The zero-order chi connectivity index (χ0) is 29.7. The molecular weight excluding hydrogens is 534 g/mol. The normalized spacial score (nSPS) is 11.9. The summed E-state index contributed by atoms with van der Waals surface area (Å²) in [5.74, 6) is 0.284. The third kappa shape index (κ3) is 5.01. The molecule has 0 N–H and O–H groups in total. The molecule has 9 heteroatoms. The van der Waals surface area contributed by atoms with Crippen molar-refractivity contribution in [3.8, 4) is 16.9 Å². The van der Waals surface area contributed by atoms with E-state index in [-0.39, 0.29) is 5.92 Å². The highest BCUT2D eigenvalue weighted by Crippen LogP contribution is 2.36. The molecule has 0 aliphatic heterocycles. The molecule has 0 aliphatic rings. The summed E-state index contributed by atoms with van der Waals surface area (Å²) in [4.78, 5) is 4.89. The van der Waals surface area contributed by atoms with E-state index < -0.39 is 0 Å². The minimum absolute atomic E-state index is 0.284. The lowest BCUT2D eigenvalue weighted by Gasteiger charge is -2.10. The van der Waals surface area contributed by atoms with Crippen LogP contribution in [0.1, 0.15) is 47.8 Å². The lowest BCUT2D eigenvalue weighted by molar-refractivity contribution is 0.621. The van der Waals surface area contributed by atoms with Crippen molar-refractivity contribution in [1.29, 1.82) is 0 Å². The van der Waals surface area contributed by atoms with E-state index in [1.807, 2.05) is 37.2 Å². The van der Waals surface area contributed by atoms with Crippen LogP contribution in [0, 0.1) is 13.8 Å². The summed E-state index contributed by atoms with van der Waals surface area (Å²) in [6.45, 7) is 10.1. The quantitative estimate of drug-likeness (QED) is 0.212. The van der Waals surface area contributed by atoms with E-state index in [1.54, 1.807) is 4.68 Å². The van der Waals surface area contributed by atoms with Gasteiger partial charge in [0.1, 0.15) is 0 Å². The van der Waals surface area contributed by atoms with Crippen LogP contribution in [-0.4, -0.2) is 44.1 Å². The van der Waals surface area contributed by atoms with Crippen LogP contribution >= 0.6 is 0 Å². The maximum absolute atomic E-state index is 5.27. The second-order valence-corrected chi connectivity index (χ2v) is 11.6. The van der Waals surface area contributed by atoms with E-state index in [0.29, 0.717) is 6.54 Å². The molecule has 0 amide bonds. The largest absolute Gasteiger partial charge is 0.275 e. The summed E-state index contributed by atoms with van der Waals surface area (Å²) in [5.41, 5.74) is 10.4. The minimum Gasteiger partial charge on any atom is -0.275 e. The van der Waals surface area contributed by atoms with Gasteiger partial charge in [-0.25, -0.2) is 9.67 Å². The molecule has 0 saturated heterocycles. The van der Waals surface area contributed by atoms with Crippen molar-refractivity contribution in [3.05, 3.63) is 107 Å². The second kappa shape index (κ2) is 10.7. The van der Waals surface area contributed by atoms with Gasteiger partial charge in [0.15, 0.2) is 5.65 Å². The zero-order valence-corrected chi connectivity index (χ0v) is 25.2. The Bertz CT molecular complexity index is 2070. The van der Waals surface area contributed by atoms with Crippen molar-refractivity contribution >= 4 is 21.9 Å².